The molecule has 4 heterocycles. The van der Waals surface area contributed by atoms with Gasteiger partial charge < -0.3 is 28.4 Å². The van der Waals surface area contributed by atoms with Crippen molar-refractivity contribution in [2.24, 2.45) is 171 Å². The fourth-order valence-electron chi connectivity index (χ4n) is 24.6. The highest BCUT2D eigenvalue weighted by molar-refractivity contribution is 4.86. The van der Waals surface area contributed by atoms with Crippen molar-refractivity contribution in [1.82, 2.24) is 0 Å². The molecule has 0 aromatic carbocycles. The molecule has 0 aromatic heterocycles. The van der Waals surface area contributed by atoms with E-state index in [2.05, 4.69) is 222 Å². The summed E-state index contributed by atoms with van der Waals surface area (Å²) in [4.78, 5) is 0. The van der Waals surface area contributed by atoms with Gasteiger partial charge in [-0.1, -0.05) is 343 Å². The van der Waals surface area contributed by atoms with Gasteiger partial charge in [-0.2, -0.15) is 0 Å². The van der Waals surface area contributed by atoms with Crippen LogP contribution in [0.5, 0.6) is 0 Å². The molecule has 0 spiro atoms. The van der Waals surface area contributed by atoms with Gasteiger partial charge in [0.25, 0.3) is 0 Å². The molecule has 21 unspecified atom stereocenters. The van der Waals surface area contributed by atoms with Gasteiger partial charge in [0, 0.05) is 53.9 Å². The van der Waals surface area contributed by atoms with Crippen molar-refractivity contribution in [2.75, 3.05) is 53.9 Å². The molecule has 0 N–H and O–H groups in total. The fraction of sp³-hybridized carbons (Fsp3) is 1.00. The molecule has 0 aromatic rings. The van der Waals surface area contributed by atoms with Gasteiger partial charge >= 0.3 is 0 Å². The van der Waals surface area contributed by atoms with Gasteiger partial charge in [0.1, 0.15) is 0 Å². The van der Waals surface area contributed by atoms with Crippen molar-refractivity contribution < 1.29 is 28.4 Å². The highest BCUT2D eigenvalue weighted by Crippen LogP contribution is 2.45. The highest BCUT2D eigenvalue weighted by Gasteiger charge is 2.36. The van der Waals surface area contributed by atoms with Crippen LogP contribution in [0.25, 0.3) is 0 Å². The lowest BCUT2D eigenvalue weighted by atomic mass is 9.65. The van der Waals surface area contributed by atoms with E-state index >= 15 is 0 Å². The first kappa shape index (κ1) is 114. The standard InChI is InChI=1S/C12H24.C11H22O.2C11H22.2C10H20O.C10H20.2C9H18O.C9H18.C8H16O/c1-4-11-7-5-6-8-12(11)9-10(2)3;1-9(2)8-10-6-4-5-7-11(10)12-3;1-9(2)10-7-5-6-8-11(10,3)4;1-4-10-7-5-6-8-11(10)9(2)3;1-8(2)9-6-4-5-7-10(9)11-3;1-4-9-7-11-6-5-10(9)8(2)3;1-8(2)10-7-5-4-6-9(10)3;1-7(2)9-4-5-10-6-8(9)3;1-7(2)9-5-4-6-10-8(9)3;1-7(2)9-6-4-5-8(9)3;1-6(2)8-4-5-9-7(8)3/h10-12H,4-9H2,1-3H3;9-11H,4-8H2,1-3H3;9-10H,5-8H2,1-4H3;9-11H,4-8H2,1-3H3;2*8-10H,4-7H2,1-3H3;8-10H,4-7H2,1-3H3;2*7-9H,4-6H2,1-3H3;7-9H,4-6H2,1-3H3;6-8H,4-5H2,1-3H3. The summed E-state index contributed by atoms with van der Waals surface area (Å²) in [5.74, 6) is 25.3. The molecular weight excluding hydrogens is 1420 g/mol. The topological polar surface area (TPSA) is 55.4 Å². The molecule has 0 amide bonds. The first-order valence-corrected chi connectivity index (χ1v) is 52.3. The molecule has 116 heavy (non-hydrogen) atoms. The van der Waals surface area contributed by atoms with E-state index in [1.165, 1.54) is 238 Å². The van der Waals surface area contributed by atoms with E-state index in [1.807, 2.05) is 14.2 Å². The molecule has 0 bridgehead atoms. The molecule has 11 rings (SSSR count). The van der Waals surface area contributed by atoms with E-state index in [1.54, 1.807) is 0 Å². The highest BCUT2D eigenvalue weighted by atomic mass is 16.5. The van der Waals surface area contributed by atoms with E-state index in [0.29, 0.717) is 29.8 Å². The second kappa shape index (κ2) is 65.3. The van der Waals surface area contributed by atoms with Gasteiger partial charge in [-0.25, -0.2) is 0 Å². The van der Waals surface area contributed by atoms with E-state index < -0.39 is 0 Å². The zero-order chi connectivity index (χ0) is 87.6. The third-order valence-corrected chi connectivity index (χ3v) is 32.0. The Labute approximate surface area is 732 Å². The summed E-state index contributed by atoms with van der Waals surface area (Å²) in [6, 6.07) is 0. The first-order chi connectivity index (χ1) is 54.8. The molecule has 6 nitrogen and oxygen atoms in total. The molecule has 21 atom stereocenters. The van der Waals surface area contributed by atoms with Gasteiger partial charge in [-0.05, 0) is 288 Å². The van der Waals surface area contributed by atoms with Crippen molar-refractivity contribution >= 4 is 0 Å². The van der Waals surface area contributed by atoms with Crippen LogP contribution in [-0.2, 0) is 28.4 Å². The maximum absolute atomic E-state index is 5.55. The van der Waals surface area contributed by atoms with E-state index in [0.717, 1.165) is 205 Å². The van der Waals surface area contributed by atoms with Crippen molar-refractivity contribution in [2.45, 2.75) is 484 Å². The Kier molecular flexibility index (Phi) is 64.1. The third-order valence-electron chi connectivity index (χ3n) is 32.0. The lowest BCUT2D eigenvalue weighted by Crippen LogP contribution is -2.31. The summed E-state index contributed by atoms with van der Waals surface area (Å²) in [6.07, 6.45) is 54.5. The number of hydrogen-bond acceptors (Lipinski definition) is 6. The van der Waals surface area contributed by atoms with Crippen LogP contribution < -0.4 is 0 Å². The van der Waals surface area contributed by atoms with E-state index in [-0.39, 0.29) is 0 Å². The summed E-state index contributed by atoms with van der Waals surface area (Å²) >= 11 is 0. The Morgan fingerprint density at radius 1 is 0.276 bits per heavy atom. The van der Waals surface area contributed by atoms with Crippen LogP contribution in [0, 0.1) is 171 Å². The normalized spacial score (nSPS) is 33.2. The molecule has 4 aliphatic heterocycles. The molecule has 11 aliphatic rings. The maximum Gasteiger partial charge on any atom is 0.0601 e. The van der Waals surface area contributed by atoms with Gasteiger partial charge in [0.15, 0.2) is 0 Å². The molecule has 7 aliphatic carbocycles. The Bertz CT molecular complexity index is 2010. The van der Waals surface area contributed by atoms with Gasteiger partial charge in [-0.3, -0.25) is 0 Å². The third kappa shape index (κ3) is 46.8. The number of hydrogen-bond donors (Lipinski definition) is 0. The SMILES string of the molecule is CC(C)C1CCCC1C.CC(C)C1CCCCC1(C)C.CC(C)C1CCCCC1C.CC(C)C1CCCOC1C.CC(C)C1CCOC1C.CC(C)C1CCOCC1C.CCC1CCCCC1C(C)C.CCC1CCCCC1CC(C)C.CCC1COCCC1C(C)C.COC1CCCCC1C(C)C.COC1CCCCC1CC(C)C. The largest absolute Gasteiger partial charge is 0.381 e. The van der Waals surface area contributed by atoms with Gasteiger partial charge in [0.05, 0.1) is 24.4 Å². The Morgan fingerprint density at radius 2 is 0.621 bits per heavy atom. The van der Waals surface area contributed by atoms with Crippen molar-refractivity contribution in [1.29, 1.82) is 0 Å². The maximum atomic E-state index is 5.55. The lowest BCUT2D eigenvalue weighted by molar-refractivity contribution is -0.0299. The van der Waals surface area contributed by atoms with Crippen molar-refractivity contribution in [3.05, 3.63) is 0 Å². The predicted octanol–water partition coefficient (Wildman–Crippen LogP) is 34.1. The minimum Gasteiger partial charge on any atom is -0.381 e. The van der Waals surface area contributed by atoms with Crippen LogP contribution in [0.3, 0.4) is 0 Å². The molecule has 6 heteroatoms. The number of methoxy groups -OCH3 is 2. The van der Waals surface area contributed by atoms with Crippen LogP contribution in [0.15, 0.2) is 0 Å². The van der Waals surface area contributed by atoms with Gasteiger partial charge in [0.2, 0.25) is 0 Å². The minimum absolute atomic E-state index is 0.494. The van der Waals surface area contributed by atoms with Crippen molar-refractivity contribution in [3.8, 4) is 0 Å². The minimum atomic E-state index is 0.494. The molecular formula is C110H220O6. The summed E-state index contributed by atoms with van der Waals surface area (Å²) in [6.45, 7) is 80.6. The number of ether oxygens (including phenoxy) is 6. The molecule has 4 saturated heterocycles. The van der Waals surface area contributed by atoms with E-state index in [4.69, 9.17) is 28.4 Å². The Balaban J connectivity index is 0.000000639. The summed E-state index contributed by atoms with van der Waals surface area (Å²) in [5.41, 5.74) is 0.617. The van der Waals surface area contributed by atoms with E-state index in [9.17, 15) is 0 Å². The Morgan fingerprint density at radius 3 is 0.983 bits per heavy atom. The second-order valence-corrected chi connectivity index (χ2v) is 45.3. The summed E-state index contributed by atoms with van der Waals surface area (Å²) in [5, 5.41) is 0. The molecule has 7 saturated carbocycles. The first-order valence-electron chi connectivity index (χ1n) is 52.3. The van der Waals surface area contributed by atoms with Crippen LogP contribution >= 0.6 is 0 Å². The molecule has 0 radical (unpaired) electrons. The quantitative estimate of drug-likeness (QED) is 0.136. The predicted molar refractivity (Wildman–Crippen MR) is 515 cm³/mol. The van der Waals surface area contributed by atoms with Gasteiger partial charge in [-0.15, -0.1) is 0 Å². The zero-order valence-corrected chi connectivity index (χ0v) is 85.8. The zero-order valence-electron chi connectivity index (χ0n) is 85.8. The fourth-order valence-corrected chi connectivity index (χ4v) is 24.6. The average Bonchev–Trinajstić information content (AvgIpc) is 1.19. The lowest BCUT2D eigenvalue weighted by Gasteiger charge is -2.41. The average molecular weight is 1640 g/mol. The van der Waals surface area contributed by atoms with Crippen molar-refractivity contribution in [3.63, 3.8) is 0 Å². The summed E-state index contributed by atoms with van der Waals surface area (Å²) < 4.78 is 32.8. The smallest absolute Gasteiger partial charge is 0.0601 e. The monoisotopic (exact) mass is 1640 g/mol. The summed E-state index contributed by atoms with van der Waals surface area (Å²) in [7, 11) is 3.72. The van der Waals surface area contributed by atoms with Crippen LogP contribution in [0.2, 0.25) is 0 Å². The van der Waals surface area contributed by atoms with Crippen LogP contribution in [-0.4, -0.2) is 78.3 Å². The molecule has 11 fully saturated rings. The van der Waals surface area contributed by atoms with Crippen LogP contribution in [0.4, 0.5) is 0 Å². The Hall–Kier alpha value is -0.240. The second-order valence-electron chi connectivity index (χ2n) is 45.3. The number of rotatable bonds is 18. The molecule has 696 valence electrons. The van der Waals surface area contributed by atoms with Crippen LogP contribution in [0.1, 0.15) is 459 Å².